The number of benzene rings is 2. The number of nitrogens with two attached hydrogens (primary N) is 1. The molecule has 0 saturated carbocycles. The molecule has 132 valence electrons. The molecule has 0 bridgehead atoms. The van der Waals surface area contributed by atoms with Gasteiger partial charge in [0, 0.05) is 10.7 Å². The Morgan fingerprint density at radius 3 is 2.62 bits per heavy atom. The maximum atomic E-state index is 11.5. The summed E-state index contributed by atoms with van der Waals surface area (Å²) in [6.45, 7) is 0. The largest absolute Gasteiger partial charge is 0.465 e. The third kappa shape index (κ3) is 4.01. The number of hydrogen-bond acceptors (Lipinski definition) is 7. The van der Waals surface area contributed by atoms with Gasteiger partial charge in [0.1, 0.15) is 17.8 Å². The number of nitrogens with zero attached hydrogens (tertiary/aromatic N) is 2. The number of carbonyl (C=O) groups excluding carboxylic acids is 1. The van der Waals surface area contributed by atoms with Gasteiger partial charge in [-0.25, -0.2) is 9.78 Å². The number of anilines is 3. The summed E-state index contributed by atoms with van der Waals surface area (Å²) < 4.78 is 10.3. The standard InChI is InChI=1S/C18H15ClN4O3/c1-25-18(24)11-5-7-14(8-6-11)26-17-15(20)16(21-10-22-17)23-13-4-2-3-12(19)9-13/h2-10H,20H2,1H3,(H,21,22,23). The highest BCUT2D eigenvalue weighted by molar-refractivity contribution is 6.30. The molecule has 0 radical (unpaired) electrons. The molecule has 2 aromatic carbocycles. The second-order valence-corrected chi connectivity index (χ2v) is 5.63. The Balaban J connectivity index is 1.79. The number of nitrogen functional groups attached to an aromatic ring is 1. The van der Waals surface area contributed by atoms with E-state index in [9.17, 15) is 4.79 Å². The minimum Gasteiger partial charge on any atom is -0.465 e. The third-order valence-electron chi connectivity index (χ3n) is 3.42. The van der Waals surface area contributed by atoms with E-state index in [-0.39, 0.29) is 11.6 Å². The van der Waals surface area contributed by atoms with Crippen molar-refractivity contribution in [3.63, 3.8) is 0 Å². The number of rotatable bonds is 5. The summed E-state index contributed by atoms with van der Waals surface area (Å²) in [6, 6.07) is 13.6. The summed E-state index contributed by atoms with van der Waals surface area (Å²) >= 11 is 5.97. The molecule has 3 rings (SSSR count). The Hall–Kier alpha value is -3.32. The predicted molar refractivity (Wildman–Crippen MR) is 99.0 cm³/mol. The second kappa shape index (κ2) is 7.71. The maximum absolute atomic E-state index is 11.5. The van der Waals surface area contributed by atoms with Crippen LogP contribution in [0.2, 0.25) is 5.02 Å². The van der Waals surface area contributed by atoms with Gasteiger partial charge in [0.05, 0.1) is 12.7 Å². The van der Waals surface area contributed by atoms with E-state index >= 15 is 0 Å². The van der Waals surface area contributed by atoms with Crippen LogP contribution in [0.15, 0.2) is 54.9 Å². The molecule has 0 aliphatic carbocycles. The van der Waals surface area contributed by atoms with Crippen LogP contribution in [0.4, 0.5) is 17.2 Å². The van der Waals surface area contributed by atoms with E-state index in [0.29, 0.717) is 22.2 Å². The van der Waals surface area contributed by atoms with E-state index in [0.717, 1.165) is 5.69 Å². The van der Waals surface area contributed by atoms with Crippen molar-refractivity contribution in [2.24, 2.45) is 0 Å². The lowest BCUT2D eigenvalue weighted by atomic mass is 10.2. The van der Waals surface area contributed by atoms with Gasteiger partial charge >= 0.3 is 5.97 Å². The third-order valence-corrected chi connectivity index (χ3v) is 3.66. The normalized spacial score (nSPS) is 10.2. The van der Waals surface area contributed by atoms with Crippen LogP contribution in [0.5, 0.6) is 11.6 Å². The molecule has 26 heavy (non-hydrogen) atoms. The number of ether oxygens (including phenoxy) is 2. The van der Waals surface area contributed by atoms with E-state index in [2.05, 4.69) is 20.0 Å². The van der Waals surface area contributed by atoms with Gasteiger partial charge in [0.25, 0.3) is 0 Å². The van der Waals surface area contributed by atoms with Crippen LogP contribution in [0, 0.1) is 0 Å². The van der Waals surface area contributed by atoms with Gasteiger partial charge < -0.3 is 20.5 Å². The summed E-state index contributed by atoms with van der Waals surface area (Å²) in [5.74, 6) is 0.627. The summed E-state index contributed by atoms with van der Waals surface area (Å²) in [7, 11) is 1.32. The Morgan fingerprint density at radius 1 is 1.15 bits per heavy atom. The van der Waals surface area contributed by atoms with E-state index in [1.165, 1.54) is 13.4 Å². The van der Waals surface area contributed by atoms with Gasteiger partial charge in [-0.2, -0.15) is 4.98 Å². The molecule has 1 aromatic heterocycles. The fourth-order valence-corrected chi connectivity index (χ4v) is 2.34. The first kappa shape index (κ1) is 17.5. The fraction of sp³-hybridized carbons (Fsp3) is 0.0556. The Kier molecular flexibility index (Phi) is 5.19. The van der Waals surface area contributed by atoms with Crippen LogP contribution >= 0.6 is 11.6 Å². The number of hydrogen-bond donors (Lipinski definition) is 2. The molecule has 0 fully saturated rings. The van der Waals surface area contributed by atoms with Crippen molar-refractivity contribution >= 4 is 34.8 Å². The van der Waals surface area contributed by atoms with Crippen molar-refractivity contribution in [1.29, 1.82) is 0 Å². The Bertz CT molecular complexity index is 932. The first-order valence-electron chi connectivity index (χ1n) is 7.56. The smallest absolute Gasteiger partial charge is 0.337 e. The summed E-state index contributed by atoms with van der Waals surface area (Å²) in [4.78, 5) is 19.6. The highest BCUT2D eigenvalue weighted by atomic mass is 35.5. The zero-order valence-electron chi connectivity index (χ0n) is 13.8. The van der Waals surface area contributed by atoms with Gasteiger partial charge in [0.2, 0.25) is 5.88 Å². The number of methoxy groups -OCH3 is 1. The second-order valence-electron chi connectivity index (χ2n) is 5.19. The fourth-order valence-electron chi connectivity index (χ4n) is 2.15. The zero-order valence-corrected chi connectivity index (χ0v) is 14.5. The van der Waals surface area contributed by atoms with Crippen LogP contribution in [-0.2, 0) is 4.74 Å². The molecule has 0 atom stereocenters. The zero-order chi connectivity index (χ0) is 18.5. The van der Waals surface area contributed by atoms with Gasteiger partial charge in [-0.15, -0.1) is 0 Å². The number of nitrogens with one attached hydrogen (secondary N) is 1. The van der Waals surface area contributed by atoms with Crippen LogP contribution < -0.4 is 15.8 Å². The maximum Gasteiger partial charge on any atom is 0.337 e. The molecule has 0 spiro atoms. The lowest BCUT2D eigenvalue weighted by Gasteiger charge is -2.12. The van der Waals surface area contributed by atoms with Crippen molar-refractivity contribution in [1.82, 2.24) is 9.97 Å². The average molecular weight is 371 g/mol. The summed E-state index contributed by atoms with van der Waals surface area (Å²) in [6.07, 6.45) is 1.33. The summed E-state index contributed by atoms with van der Waals surface area (Å²) in [5, 5.41) is 3.66. The van der Waals surface area contributed by atoms with Crippen LogP contribution in [0.1, 0.15) is 10.4 Å². The van der Waals surface area contributed by atoms with E-state index in [1.54, 1.807) is 36.4 Å². The molecule has 0 unspecified atom stereocenters. The molecular weight excluding hydrogens is 356 g/mol. The molecular formula is C18H15ClN4O3. The van der Waals surface area contributed by atoms with Crippen molar-refractivity contribution < 1.29 is 14.3 Å². The van der Waals surface area contributed by atoms with Crippen LogP contribution in [0.3, 0.4) is 0 Å². The highest BCUT2D eigenvalue weighted by Crippen LogP contribution is 2.31. The van der Waals surface area contributed by atoms with Crippen molar-refractivity contribution in [3.8, 4) is 11.6 Å². The molecule has 7 nitrogen and oxygen atoms in total. The van der Waals surface area contributed by atoms with Crippen molar-refractivity contribution in [2.45, 2.75) is 0 Å². The molecule has 1 heterocycles. The molecule has 8 heteroatoms. The number of aromatic nitrogens is 2. The van der Waals surface area contributed by atoms with Gasteiger partial charge in [0.15, 0.2) is 5.82 Å². The minimum absolute atomic E-state index is 0.190. The van der Waals surface area contributed by atoms with Gasteiger partial charge in [-0.1, -0.05) is 17.7 Å². The lowest BCUT2D eigenvalue weighted by Crippen LogP contribution is -2.03. The number of esters is 1. The Morgan fingerprint density at radius 2 is 1.92 bits per heavy atom. The lowest BCUT2D eigenvalue weighted by molar-refractivity contribution is 0.0600. The average Bonchev–Trinajstić information content (AvgIpc) is 2.65. The van der Waals surface area contributed by atoms with Crippen molar-refractivity contribution in [2.75, 3.05) is 18.2 Å². The van der Waals surface area contributed by atoms with Gasteiger partial charge in [-0.3, -0.25) is 0 Å². The highest BCUT2D eigenvalue weighted by Gasteiger charge is 2.12. The predicted octanol–water partition coefficient (Wildman–Crippen LogP) is 4.03. The van der Waals surface area contributed by atoms with Crippen molar-refractivity contribution in [3.05, 3.63) is 65.4 Å². The number of halogens is 1. The molecule has 0 aliphatic rings. The van der Waals surface area contributed by atoms with Crippen LogP contribution in [-0.4, -0.2) is 23.0 Å². The molecule has 0 aliphatic heterocycles. The van der Waals surface area contributed by atoms with E-state index in [4.69, 9.17) is 22.1 Å². The number of carbonyl (C=O) groups is 1. The minimum atomic E-state index is -0.425. The topological polar surface area (TPSA) is 99.4 Å². The molecule has 0 saturated heterocycles. The monoisotopic (exact) mass is 370 g/mol. The van der Waals surface area contributed by atoms with E-state index in [1.807, 2.05) is 12.1 Å². The van der Waals surface area contributed by atoms with Gasteiger partial charge in [-0.05, 0) is 42.5 Å². The Labute approximate surface area is 154 Å². The van der Waals surface area contributed by atoms with E-state index < -0.39 is 5.97 Å². The SMILES string of the molecule is COC(=O)c1ccc(Oc2ncnc(Nc3cccc(Cl)c3)c2N)cc1. The first-order valence-corrected chi connectivity index (χ1v) is 7.94. The molecule has 3 aromatic rings. The summed E-state index contributed by atoms with van der Waals surface area (Å²) in [5.41, 5.74) is 7.49. The van der Waals surface area contributed by atoms with Crippen LogP contribution in [0.25, 0.3) is 0 Å². The molecule has 0 amide bonds. The quantitative estimate of drug-likeness (QED) is 0.654. The first-order chi connectivity index (χ1) is 12.6. The molecule has 3 N–H and O–H groups in total.